The lowest BCUT2D eigenvalue weighted by Gasteiger charge is -2.06. The van der Waals surface area contributed by atoms with Gasteiger partial charge in [-0.2, -0.15) is 0 Å². The molecule has 0 radical (unpaired) electrons. The number of hydrogen-bond acceptors (Lipinski definition) is 4. The lowest BCUT2D eigenvalue weighted by Crippen LogP contribution is -2.08. The second kappa shape index (κ2) is 13.8. The van der Waals surface area contributed by atoms with Gasteiger partial charge in [0, 0.05) is 13.1 Å². The van der Waals surface area contributed by atoms with E-state index in [1.807, 2.05) is 13.8 Å². The van der Waals surface area contributed by atoms with E-state index in [1.54, 1.807) is 0 Å². The van der Waals surface area contributed by atoms with Crippen molar-refractivity contribution in [3.63, 3.8) is 0 Å². The lowest BCUT2D eigenvalue weighted by atomic mass is 10.1. The zero-order valence-corrected chi connectivity index (χ0v) is 12.0. The first kappa shape index (κ1) is 16.8. The first-order valence-corrected chi connectivity index (χ1v) is 7.04. The van der Waals surface area contributed by atoms with Crippen LogP contribution in [0, 0.1) is 0 Å². The molecule has 0 rings (SSSR count). The Bertz CT molecular complexity index is 297. The van der Waals surface area contributed by atoms with Crippen molar-refractivity contribution >= 4 is 12.0 Å². The van der Waals surface area contributed by atoms with Crippen molar-refractivity contribution in [1.29, 1.82) is 0 Å². The second-order valence-corrected chi connectivity index (χ2v) is 4.12. The molecule has 0 saturated carbocycles. The molecule has 4 nitrogen and oxygen atoms in total. The first-order valence-electron chi connectivity index (χ1n) is 7.04. The maximum Gasteiger partial charge on any atom is 0.0896 e. The van der Waals surface area contributed by atoms with Crippen molar-refractivity contribution in [2.75, 3.05) is 19.6 Å². The van der Waals surface area contributed by atoms with Gasteiger partial charge in [0.15, 0.2) is 0 Å². The van der Waals surface area contributed by atoms with E-state index in [2.05, 4.69) is 38.9 Å². The van der Waals surface area contributed by atoms with E-state index in [4.69, 9.17) is 0 Å². The lowest BCUT2D eigenvalue weighted by molar-refractivity contribution is 0.558. The minimum absolute atomic E-state index is 0.178. The topological polar surface area (TPSA) is 49.4 Å². The first-order chi connectivity index (χ1) is 8.85. The molecule has 0 aliphatic carbocycles. The molecule has 1 atom stereocenters. The molecule has 4 heteroatoms. The fraction of sp³-hybridized carbons (Fsp3) is 0.857. The van der Waals surface area contributed by atoms with E-state index < -0.39 is 0 Å². The molecule has 0 fully saturated rings. The van der Waals surface area contributed by atoms with E-state index in [-0.39, 0.29) is 6.04 Å². The van der Waals surface area contributed by atoms with E-state index in [0.717, 1.165) is 19.5 Å². The molecule has 18 heavy (non-hydrogen) atoms. The van der Waals surface area contributed by atoms with Crippen molar-refractivity contribution in [2.45, 2.75) is 58.9 Å². The molecular formula is C14H26N4. The van der Waals surface area contributed by atoms with Crippen LogP contribution in [0.15, 0.2) is 20.0 Å². The summed E-state index contributed by atoms with van der Waals surface area (Å²) in [7, 11) is 0. The van der Waals surface area contributed by atoms with E-state index in [0.29, 0.717) is 6.54 Å². The highest BCUT2D eigenvalue weighted by Gasteiger charge is 2.04. The Labute approximate surface area is 111 Å². The summed E-state index contributed by atoms with van der Waals surface area (Å²) in [4.78, 5) is 16.4. The number of unbranched alkanes of at least 4 members (excludes halogenated alkanes) is 3. The number of nitrogens with zero attached hydrogens (tertiary/aromatic N) is 4. The summed E-state index contributed by atoms with van der Waals surface area (Å²) in [6.07, 6.45) is 6.05. The van der Waals surface area contributed by atoms with Gasteiger partial charge in [0.1, 0.15) is 0 Å². The fourth-order valence-electron chi connectivity index (χ4n) is 1.46. The third-order valence-corrected chi connectivity index (χ3v) is 2.46. The molecule has 0 spiro atoms. The highest BCUT2D eigenvalue weighted by molar-refractivity contribution is 5.42. The van der Waals surface area contributed by atoms with Gasteiger partial charge in [-0.05, 0) is 20.3 Å². The van der Waals surface area contributed by atoms with Crippen LogP contribution >= 0.6 is 0 Å². The highest BCUT2D eigenvalue weighted by atomic mass is 14.9. The van der Waals surface area contributed by atoms with Gasteiger partial charge in [0.2, 0.25) is 0 Å². The van der Waals surface area contributed by atoms with Crippen LogP contribution in [0.3, 0.4) is 0 Å². The normalized spacial score (nSPS) is 11.1. The Hall–Kier alpha value is -1.24. The monoisotopic (exact) mass is 250 g/mol. The van der Waals surface area contributed by atoms with Crippen molar-refractivity contribution in [2.24, 2.45) is 20.0 Å². The van der Waals surface area contributed by atoms with Gasteiger partial charge < -0.3 is 0 Å². The smallest absolute Gasteiger partial charge is 0.0896 e. The van der Waals surface area contributed by atoms with Gasteiger partial charge in [-0.3, -0.25) is 0 Å². The Balaban J connectivity index is 4.15. The fourth-order valence-corrected chi connectivity index (χ4v) is 1.46. The maximum atomic E-state index is 4.32. The number of hydrogen-bond donors (Lipinski definition) is 0. The molecule has 0 aromatic heterocycles. The van der Waals surface area contributed by atoms with Gasteiger partial charge in [0.25, 0.3) is 0 Å². The van der Waals surface area contributed by atoms with Crippen molar-refractivity contribution in [3.8, 4) is 0 Å². The van der Waals surface area contributed by atoms with Crippen LogP contribution in [0.1, 0.15) is 52.9 Å². The van der Waals surface area contributed by atoms with Crippen LogP contribution in [-0.4, -0.2) is 37.7 Å². The molecule has 0 saturated heterocycles. The third kappa shape index (κ3) is 11.3. The van der Waals surface area contributed by atoms with Crippen molar-refractivity contribution < 1.29 is 0 Å². The Kier molecular flexibility index (Phi) is 12.9. The average molecular weight is 250 g/mol. The largest absolute Gasteiger partial charge is 0.226 e. The van der Waals surface area contributed by atoms with Crippen LogP contribution < -0.4 is 0 Å². The summed E-state index contributed by atoms with van der Waals surface area (Å²) in [5, 5.41) is 0. The van der Waals surface area contributed by atoms with Gasteiger partial charge in [-0.1, -0.05) is 32.6 Å². The SMILES string of the molecule is CCCCCCC(CN=C=NCC)N=C=NCC. The van der Waals surface area contributed by atoms with Crippen LogP contribution in [-0.2, 0) is 0 Å². The predicted octanol–water partition coefficient (Wildman–Crippen LogP) is 3.71. The molecule has 0 amide bonds. The molecule has 0 N–H and O–H groups in total. The van der Waals surface area contributed by atoms with Crippen LogP contribution in [0.25, 0.3) is 0 Å². The molecular weight excluding hydrogens is 224 g/mol. The van der Waals surface area contributed by atoms with Gasteiger partial charge in [-0.25, -0.2) is 20.0 Å². The molecule has 0 aromatic carbocycles. The summed E-state index contributed by atoms with van der Waals surface area (Å²) in [6.45, 7) is 8.26. The number of aliphatic imine (C=N–C) groups is 4. The quantitative estimate of drug-likeness (QED) is 0.419. The molecule has 0 bridgehead atoms. The summed E-state index contributed by atoms with van der Waals surface area (Å²) >= 11 is 0. The van der Waals surface area contributed by atoms with Crippen molar-refractivity contribution in [3.05, 3.63) is 0 Å². The third-order valence-electron chi connectivity index (χ3n) is 2.46. The Morgan fingerprint density at radius 2 is 1.56 bits per heavy atom. The van der Waals surface area contributed by atoms with Crippen molar-refractivity contribution in [1.82, 2.24) is 0 Å². The second-order valence-electron chi connectivity index (χ2n) is 4.12. The maximum absolute atomic E-state index is 4.32. The summed E-state index contributed by atoms with van der Waals surface area (Å²) in [6, 6.07) is 5.62. The molecule has 0 aliphatic heterocycles. The van der Waals surface area contributed by atoms with Crippen LogP contribution in [0.5, 0.6) is 0 Å². The zero-order chi connectivity index (χ0) is 13.5. The molecule has 1 unspecified atom stereocenters. The van der Waals surface area contributed by atoms with E-state index in [9.17, 15) is 0 Å². The van der Waals surface area contributed by atoms with Gasteiger partial charge >= 0.3 is 0 Å². The molecule has 102 valence electrons. The highest BCUT2D eigenvalue weighted by Crippen LogP contribution is 2.08. The standard InChI is InChI=1S/C14H26N4/c1-4-7-8-9-10-14(18-13-16-6-3)11-17-12-15-5-2/h14H,4-11H2,1-3H3. The zero-order valence-electron chi connectivity index (χ0n) is 12.0. The number of rotatable bonds is 10. The average Bonchev–Trinajstić information content (AvgIpc) is 2.39. The minimum atomic E-state index is 0.178. The Morgan fingerprint density at radius 3 is 2.22 bits per heavy atom. The van der Waals surface area contributed by atoms with E-state index >= 15 is 0 Å². The van der Waals surface area contributed by atoms with Crippen LogP contribution in [0.2, 0.25) is 0 Å². The summed E-state index contributed by atoms with van der Waals surface area (Å²) in [5.41, 5.74) is 0. The van der Waals surface area contributed by atoms with E-state index in [1.165, 1.54) is 25.7 Å². The molecule has 0 aromatic rings. The van der Waals surface area contributed by atoms with Gasteiger partial charge in [-0.15, -0.1) is 0 Å². The predicted molar refractivity (Wildman–Crippen MR) is 78.2 cm³/mol. The summed E-state index contributed by atoms with van der Waals surface area (Å²) in [5.74, 6) is 0. The summed E-state index contributed by atoms with van der Waals surface area (Å²) < 4.78 is 0. The minimum Gasteiger partial charge on any atom is -0.226 e. The Morgan fingerprint density at radius 1 is 0.833 bits per heavy atom. The van der Waals surface area contributed by atoms with Crippen LogP contribution in [0.4, 0.5) is 0 Å². The molecule has 0 aliphatic rings. The molecule has 0 heterocycles. The van der Waals surface area contributed by atoms with Gasteiger partial charge in [0.05, 0.1) is 24.6 Å².